The second-order valence-electron chi connectivity index (χ2n) is 4.05. The van der Waals surface area contributed by atoms with Gasteiger partial charge in [0, 0.05) is 3.57 Å². The molecular formula is C12H15IN2O3. The van der Waals surface area contributed by atoms with Crippen LogP contribution in [0, 0.1) is 3.57 Å². The number of halogens is 1. The summed E-state index contributed by atoms with van der Waals surface area (Å²) in [5, 5.41) is 14.2. The predicted molar refractivity (Wildman–Crippen MR) is 77.6 cm³/mol. The van der Waals surface area contributed by atoms with Crippen molar-refractivity contribution in [2.45, 2.75) is 25.8 Å². The summed E-state index contributed by atoms with van der Waals surface area (Å²) in [7, 11) is 0. The summed E-state index contributed by atoms with van der Waals surface area (Å²) in [6, 6.07) is 6.75. The van der Waals surface area contributed by atoms with Crippen molar-refractivity contribution in [1.82, 2.24) is 5.32 Å². The molecular weight excluding hydrogens is 347 g/mol. The topological polar surface area (TPSA) is 78.4 Å². The first-order valence-electron chi connectivity index (χ1n) is 5.46. The molecule has 0 aliphatic rings. The Morgan fingerprint density at radius 3 is 2.50 bits per heavy atom. The molecule has 0 heterocycles. The Bertz CT molecular complexity index is 464. The Labute approximate surface area is 119 Å². The third kappa shape index (κ3) is 3.59. The first-order chi connectivity index (χ1) is 8.39. The molecule has 0 saturated carbocycles. The molecule has 1 atom stereocenters. The Kier molecular flexibility index (Phi) is 4.94. The first-order valence-corrected chi connectivity index (χ1v) is 6.54. The summed E-state index contributed by atoms with van der Waals surface area (Å²) in [4.78, 5) is 22.8. The van der Waals surface area contributed by atoms with Crippen LogP contribution in [0.15, 0.2) is 24.3 Å². The summed E-state index contributed by atoms with van der Waals surface area (Å²) >= 11 is 2.09. The van der Waals surface area contributed by atoms with Gasteiger partial charge in [-0.25, -0.2) is 9.59 Å². The van der Waals surface area contributed by atoms with Crippen LogP contribution in [-0.4, -0.2) is 22.6 Å². The van der Waals surface area contributed by atoms with Crippen LogP contribution in [-0.2, 0) is 4.79 Å². The van der Waals surface area contributed by atoms with E-state index in [2.05, 4.69) is 33.2 Å². The summed E-state index contributed by atoms with van der Waals surface area (Å²) in [6.07, 6.45) is 0.307. The summed E-state index contributed by atoms with van der Waals surface area (Å²) < 4.78 is 0.888. The Hall–Kier alpha value is -1.31. The van der Waals surface area contributed by atoms with Crippen molar-refractivity contribution < 1.29 is 14.7 Å². The van der Waals surface area contributed by atoms with Crippen LogP contribution in [0.1, 0.15) is 20.3 Å². The highest BCUT2D eigenvalue weighted by molar-refractivity contribution is 14.1. The van der Waals surface area contributed by atoms with Crippen LogP contribution in [0.3, 0.4) is 0 Å². The summed E-state index contributed by atoms with van der Waals surface area (Å²) in [6.45, 7) is 3.19. The van der Waals surface area contributed by atoms with Crippen molar-refractivity contribution in [2.24, 2.45) is 0 Å². The molecule has 18 heavy (non-hydrogen) atoms. The van der Waals surface area contributed by atoms with Gasteiger partial charge in [0.15, 0.2) is 0 Å². The van der Waals surface area contributed by atoms with Crippen LogP contribution < -0.4 is 10.6 Å². The van der Waals surface area contributed by atoms with E-state index in [-0.39, 0.29) is 0 Å². The SMILES string of the molecule is CCC(C)(NC(=O)Nc1ccccc1I)C(=O)O. The molecule has 98 valence electrons. The molecule has 0 aromatic heterocycles. The third-order valence-corrected chi connectivity index (χ3v) is 3.63. The number of carbonyl (C=O) groups is 2. The van der Waals surface area contributed by atoms with Gasteiger partial charge >= 0.3 is 12.0 Å². The average Bonchev–Trinajstić information content (AvgIpc) is 2.31. The monoisotopic (exact) mass is 362 g/mol. The van der Waals surface area contributed by atoms with E-state index in [1.165, 1.54) is 6.92 Å². The lowest BCUT2D eigenvalue weighted by Crippen LogP contribution is -2.53. The molecule has 3 N–H and O–H groups in total. The smallest absolute Gasteiger partial charge is 0.329 e. The van der Waals surface area contributed by atoms with Gasteiger partial charge in [-0.2, -0.15) is 0 Å². The van der Waals surface area contributed by atoms with Crippen molar-refractivity contribution >= 4 is 40.3 Å². The quantitative estimate of drug-likeness (QED) is 0.721. The third-order valence-electron chi connectivity index (χ3n) is 2.69. The number of carbonyl (C=O) groups excluding carboxylic acids is 1. The van der Waals surface area contributed by atoms with Gasteiger partial charge in [0.1, 0.15) is 5.54 Å². The molecule has 1 aromatic carbocycles. The van der Waals surface area contributed by atoms with E-state index < -0.39 is 17.5 Å². The summed E-state index contributed by atoms with van der Waals surface area (Å²) in [5.41, 5.74) is -0.607. The molecule has 5 nitrogen and oxygen atoms in total. The van der Waals surface area contributed by atoms with Gasteiger partial charge in [-0.3, -0.25) is 0 Å². The van der Waals surface area contributed by atoms with Crippen molar-refractivity contribution in [3.8, 4) is 0 Å². The lowest BCUT2D eigenvalue weighted by molar-refractivity contribution is -0.143. The number of hydrogen-bond acceptors (Lipinski definition) is 2. The molecule has 0 saturated heterocycles. The number of carboxylic acid groups (broad SMARTS) is 1. The number of para-hydroxylation sites is 1. The number of benzene rings is 1. The molecule has 0 aliphatic carbocycles. The fourth-order valence-corrected chi connectivity index (χ4v) is 1.78. The normalized spacial score (nSPS) is 13.5. The van der Waals surface area contributed by atoms with Crippen molar-refractivity contribution in [3.63, 3.8) is 0 Å². The van der Waals surface area contributed by atoms with Crippen molar-refractivity contribution in [3.05, 3.63) is 27.8 Å². The minimum atomic E-state index is -1.26. The molecule has 6 heteroatoms. The van der Waals surface area contributed by atoms with E-state index >= 15 is 0 Å². The minimum Gasteiger partial charge on any atom is -0.480 e. The zero-order valence-corrected chi connectivity index (χ0v) is 12.3. The Balaban J connectivity index is 2.73. The lowest BCUT2D eigenvalue weighted by atomic mass is 10.00. The van der Waals surface area contributed by atoms with Crippen LogP contribution in [0.4, 0.5) is 10.5 Å². The second kappa shape index (κ2) is 6.03. The molecule has 1 aromatic rings. The van der Waals surface area contributed by atoms with Gasteiger partial charge < -0.3 is 15.7 Å². The number of hydrogen-bond donors (Lipinski definition) is 3. The van der Waals surface area contributed by atoms with E-state index in [4.69, 9.17) is 5.11 Å². The van der Waals surface area contributed by atoms with Gasteiger partial charge in [0.05, 0.1) is 5.69 Å². The van der Waals surface area contributed by atoms with Crippen LogP contribution in [0.2, 0.25) is 0 Å². The van der Waals surface area contributed by atoms with E-state index in [1.807, 2.05) is 12.1 Å². The number of anilines is 1. The molecule has 0 radical (unpaired) electrons. The van der Waals surface area contributed by atoms with Crippen molar-refractivity contribution in [1.29, 1.82) is 0 Å². The van der Waals surface area contributed by atoms with E-state index in [1.54, 1.807) is 19.1 Å². The standard InChI is InChI=1S/C12H15IN2O3/c1-3-12(2,10(16)17)15-11(18)14-9-7-5-4-6-8(9)13/h4-7H,3H2,1-2H3,(H,16,17)(H2,14,15,18). The largest absolute Gasteiger partial charge is 0.480 e. The molecule has 0 spiro atoms. The maximum Gasteiger partial charge on any atom is 0.329 e. The van der Waals surface area contributed by atoms with Gasteiger partial charge in [0.25, 0.3) is 0 Å². The van der Waals surface area contributed by atoms with Crippen LogP contribution in [0.5, 0.6) is 0 Å². The average molecular weight is 362 g/mol. The molecule has 1 rings (SSSR count). The highest BCUT2D eigenvalue weighted by atomic mass is 127. The number of urea groups is 1. The molecule has 0 aliphatic heterocycles. The molecule has 0 bridgehead atoms. The summed E-state index contributed by atoms with van der Waals surface area (Å²) in [5.74, 6) is -1.05. The Morgan fingerprint density at radius 1 is 1.39 bits per heavy atom. The maximum absolute atomic E-state index is 11.8. The maximum atomic E-state index is 11.8. The predicted octanol–water partition coefficient (Wildman–Crippen LogP) is 2.67. The number of amides is 2. The lowest BCUT2D eigenvalue weighted by Gasteiger charge is -2.24. The Morgan fingerprint density at radius 2 is 2.00 bits per heavy atom. The fourth-order valence-electron chi connectivity index (χ4n) is 1.26. The molecule has 2 amide bonds. The van der Waals surface area contributed by atoms with E-state index in [0.717, 1.165) is 3.57 Å². The number of carboxylic acids is 1. The first kappa shape index (κ1) is 14.7. The van der Waals surface area contributed by atoms with Gasteiger partial charge in [0.2, 0.25) is 0 Å². The van der Waals surface area contributed by atoms with Gasteiger partial charge in [-0.15, -0.1) is 0 Å². The van der Waals surface area contributed by atoms with Gasteiger partial charge in [-0.05, 0) is 48.1 Å². The van der Waals surface area contributed by atoms with E-state index in [9.17, 15) is 9.59 Å². The van der Waals surface area contributed by atoms with E-state index in [0.29, 0.717) is 12.1 Å². The zero-order valence-electron chi connectivity index (χ0n) is 10.2. The van der Waals surface area contributed by atoms with Crippen molar-refractivity contribution in [2.75, 3.05) is 5.32 Å². The number of rotatable bonds is 4. The van der Waals surface area contributed by atoms with Crippen LogP contribution in [0.25, 0.3) is 0 Å². The molecule has 1 unspecified atom stereocenters. The second-order valence-corrected chi connectivity index (χ2v) is 5.21. The highest BCUT2D eigenvalue weighted by Crippen LogP contribution is 2.17. The fraction of sp³-hybridized carbons (Fsp3) is 0.333. The highest BCUT2D eigenvalue weighted by Gasteiger charge is 2.32. The number of aliphatic carboxylic acids is 1. The zero-order chi connectivity index (χ0) is 13.8. The van der Waals surface area contributed by atoms with Crippen LogP contribution >= 0.6 is 22.6 Å². The van der Waals surface area contributed by atoms with Gasteiger partial charge in [-0.1, -0.05) is 19.1 Å². The molecule has 0 fully saturated rings. The number of nitrogens with one attached hydrogen (secondary N) is 2. The minimum absolute atomic E-state index is 0.307.